The zero-order valence-corrected chi connectivity index (χ0v) is 18.8. The quantitative estimate of drug-likeness (QED) is 0.392. The SMILES string of the molecule is Cc1cnc(Nc2cccc(OCc3ccccc3)c2)nc1-c1c(C2CCCN2)noc1C. The lowest BCUT2D eigenvalue weighted by molar-refractivity contribution is 0.306. The van der Waals surface area contributed by atoms with Crippen LogP contribution in [-0.4, -0.2) is 21.7 Å². The first kappa shape index (κ1) is 21.2. The molecule has 7 heteroatoms. The van der Waals surface area contributed by atoms with Gasteiger partial charge in [0.1, 0.15) is 23.8 Å². The molecule has 3 heterocycles. The molecule has 1 aliphatic rings. The molecular formula is C26H27N5O2. The number of hydrogen-bond acceptors (Lipinski definition) is 7. The van der Waals surface area contributed by atoms with E-state index in [-0.39, 0.29) is 6.04 Å². The second kappa shape index (κ2) is 9.42. The van der Waals surface area contributed by atoms with Gasteiger partial charge in [-0.25, -0.2) is 9.97 Å². The van der Waals surface area contributed by atoms with Crippen molar-refractivity contribution in [3.63, 3.8) is 0 Å². The van der Waals surface area contributed by atoms with E-state index < -0.39 is 0 Å². The monoisotopic (exact) mass is 441 g/mol. The van der Waals surface area contributed by atoms with Crippen molar-refractivity contribution < 1.29 is 9.26 Å². The van der Waals surface area contributed by atoms with Gasteiger partial charge in [-0.3, -0.25) is 0 Å². The van der Waals surface area contributed by atoms with Gasteiger partial charge >= 0.3 is 0 Å². The van der Waals surface area contributed by atoms with Gasteiger partial charge in [0, 0.05) is 18.0 Å². The van der Waals surface area contributed by atoms with Gasteiger partial charge in [0.15, 0.2) is 0 Å². The standard InChI is InChI=1S/C26H27N5O2/c1-17-15-28-26(30-24(17)23-18(2)33-31-25(23)22-12-7-13-27-22)29-20-10-6-11-21(14-20)32-16-19-8-4-3-5-9-19/h3-6,8-11,14-15,22,27H,7,12-13,16H2,1-2H3,(H,28,29,30). The van der Waals surface area contributed by atoms with Gasteiger partial charge in [0.2, 0.25) is 5.95 Å². The van der Waals surface area contributed by atoms with Crippen LogP contribution in [0, 0.1) is 13.8 Å². The Labute approximate surface area is 193 Å². The van der Waals surface area contributed by atoms with Crippen molar-refractivity contribution in [3.05, 3.63) is 83.4 Å². The van der Waals surface area contributed by atoms with Crippen LogP contribution in [0.1, 0.15) is 41.5 Å². The van der Waals surface area contributed by atoms with E-state index in [2.05, 4.69) is 20.8 Å². The van der Waals surface area contributed by atoms with Gasteiger partial charge in [0.05, 0.1) is 17.3 Å². The molecule has 2 aromatic heterocycles. The van der Waals surface area contributed by atoms with Gasteiger partial charge in [-0.1, -0.05) is 41.6 Å². The Morgan fingerprint density at radius 2 is 2.00 bits per heavy atom. The maximum absolute atomic E-state index is 5.95. The van der Waals surface area contributed by atoms with Crippen molar-refractivity contribution in [3.8, 4) is 17.0 Å². The predicted molar refractivity (Wildman–Crippen MR) is 127 cm³/mol. The van der Waals surface area contributed by atoms with E-state index in [1.54, 1.807) is 0 Å². The Morgan fingerprint density at radius 1 is 1.12 bits per heavy atom. The average molecular weight is 442 g/mol. The average Bonchev–Trinajstić information content (AvgIpc) is 3.50. The van der Waals surface area contributed by atoms with Crippen LogP contribution >= 0.6 is 0 Å². The number of nitrogens with one attached hydrogen (secondary N) is 2. The Bertz CT molecular complexity index is 1230. The molecule has 2 aromatic carbocycles. The van der Waals surface area contributed by atoms with Crippen molar-refractivity contribution in [1.29, 1.82) is 0 Å². The fourth-order valence-corrected chi connectivity index (χ4v) is 4.12. The van der Waals surface area contributed by atoms with E-state index in [1.165, 1.54) is 0 Å². The number of aromatic nitrogens is 3. The van der Waals surface area contributed by atoms with Crippen LogP contribution in [0.15, 0.2) is 65.3 Å². The van der Waals surface area contributed by atoms with Gasteiger partial charge in [-0.2, -0.15) is 0 Å². The molecule has 1 fully saturated rings. The zero-order valence-electron chi connectivity index (χ0n) is 18.8. The summed E-state index contributed by atoms with van der Waals surface area (Å²) in [6, 6.07) is 18.1. The first-order valence-corrected chi connectivity index (χ1v) is 11.2. The third kappa shape index (κ3) is 4.73. The number of aryl methyl sites for hydroxylation is 2. The summed E-state index contributed by atoms with van der Waals surface area (Å²) in [6.45, 7) is 5.45. The van der Waals surface area contributed by atoms with Crippen LogP contribution in [0.25, 0.3) is 11.3 Å². The van der Waals surface area contributed by atoms with E-state index in [0.29, 0.717) is 12.6 Å². The smallest absolute Gasteiger partial charge is 0.227 e. The molecule has 1 unspecified atom stereocenters. The Balaban J connectivity index is 1.37. The molecular weight excluding hydrogens is 414 g/mol. The van der Waals surface area contributed by atoms with Gasteiger partial charge in [-0.15, -0.1) is 0 Å². The van der Waals surface area contributed by atoms with E-state index >= 15 is 0 Å². The first-order valence-electron chi connectivity index (χ1n) is 11.2. The molecule has 1 atom stereocenters. The fraction of sp³-hybridized carbons (Fsp3) is 0.269. The van der Waals surface area contributed by atoms with E-state index in [1.807, 2.05) is 74.6 Å². The van der Waals surface area contributed by atoms with Crippen LogP contribution in [0.4, 0.5) is 11.6 Å². The molecule has 0 bridgehead atoms. The number of benzene rings is 2. The molecule has 4 aromatic rings. The molecule has 0 spiro atoms. The summed E-state index contributed by atoms with van der Waals surface area (Å²) in [5, 5.41) is 11.2. The third-order valence-corrected chi connectivity index (χ3v) is 5.83. The van der Waals surface area contributed by atoms with Crippen LogP contribution in [-0.2, 0) is 6.61 Å². The molecule has 0 radical (unpaired) electrons. The van der Waals surface area contributed by atoms with E-state index in [4.69, 9.17) is 14.2 Å². The van der Waals surface area contributed by atoms with Crippen molar-refractivity contribution >= 4 is 11.6 Å². The normalized spacial score (nSPS) is 15.5. The van der Waals surface area contributed by atoms with Crippen LogP contribution in [0.2, 0.25) is 0 Å². The maximum atomic E-state index is 5.95. The molecule has 2 N–H and O–H groups in total. The second-order valence-electron chi connectivity index (χ2n) is 8.30. The minimum absolute atomic E-state index is 0.196. The summed E-state index contributed by atoms with van der Waals surface area (Å²) in [7, 11) is 0. The molecule has 1 saturated heterocycles. The van der Waals surface area contributed by atoms with E-state index in [9.17, 15) is 0 Å². The summed E-state index contributed by atoms with van der Waals surface area (Å²) in [5.41, 5.74) is 5.68. The second-order valence-corrected chi connectivity index (χ2v) is 8.30. The minimum Gasteiger partial charge on any atom is -0.489 e. The highest BCUT2D eigenvalue weighted by molar-refractivity contribution is 5.69. The highest BCUT2D eigenvalue weighted by Gasteiger charge is 2.27. The van der Waals surface area contributed by atoms with E-state index in [0.717, 1.165) is 64.7 Å². The van der Waals surface area contributed by atoms with Gasteiger partial charge in [-0.05, 0) is 56.5 Å². The van der Waals surface area contributed by atoms with Crippen LogP contribution in [0.3, 0.4) is 0 Å². The molecule has 0 amide bonds. The summed E-state index contributed by atoms with van der Waals surface area (Å²) >= 11 is 0. The predicted octanol–water partition coefficient (Wildman–Crippen LogP) is 5.50. The molecule has 1 aliphatic heterocycles. The first-order chi connectivity index (χ1) is 16.2. The molecule has 7 nitrogen and oxygen atoms in total. The number of rotatable bonds is 7. The molecule has 33 heavy (non-hydrogen) atoms. The maximum Gasteiger partial charge on any atom is 0.227 e. The zero-order chi connectivity index (χ0) is 22.6. The Morgan fingerprint density at radius 3 is 2.82 bits per heavy atom. The lowest BCUT2D eigenvalue weighted by Crippen LogP contribution is -2.14. The van der Waals surface area contributed by atoms with Crippen LogP contribution < -0.4 is 15.4 Å². The lowest BCUT2D eigenvalue weighted by atomic mass is 10.0. The third-order valence-electron chi connectivity index (χ3n) is 5.83. The summed E-state index contributed by atoms with van der Waals surface area (Å²) < 4.78 is 11.5. The van der Waals surface area contributed by atoms with Crippen molar-refractivity contribution in [2.75, 3.05) is 11.9 Å². The number of ether oxygens (including phenoxy) is 1. The Hall–Kier alpha value is -3.71. The van der Waals surface area contributed by atoms with Crippen LogP contribution in [0.5, 0.6) is 5.75 Å². The lowest BCUT2D eigenvalue weighted by Gasteiger charge is -2.13. The topological polar surface area (TPSA) is 85.1 Å². The number of nitrogens with zero attached hydrogens (tertiary/aromatic N) is 3. The fourth-order valence-electron chi connectivity index (χ4n) is 4.12. The summed E-state index contributed by atoms with van der Waals surface area (Å²) in [6.07, 6.45) is 4.01. The van der Waals surface area contributed by atoms with Crippen molar-refractivity contribution in [1.82, 2.24) is 20.4 Å². The highest BCUT2D eigenvalue weighted by Crippen LogP contribution is 2.35. The minimum atomic E-state index is 0.196. The number of anilines is 2. The number of hydrogen-bond donors (Lipinski definition) is 2. The Kier molecular flexibility index (Phi) is 6.04. The molecule has 168 valence electrons. The summed E-state index contributed by atoms with van der Waals surface area (Å²) in [4.78, 5) is 9.33. The van der Waals surface area contributed by atoms with Gasteiger partial charge in [0.25, 0.3) is 0 Å². The molecule has 0 saturated carbocycles. The summed E-state index contributed by atoms with van der Waals surface area (Å²) in [5.74, 6) is 2.06. The largest absolute Gasteiger partial charge is 0.489 e. The van der Waals surface area contributed by atoms with Gasteiger partial charge < -0.3 is 19.9 Å². The van der Waals surface area contributed by atoms with Crippen molar-refractivity contribution in [2.24, 2.45) is 0 Å². The van der Waals surface area contributed by atoms with Crippen molar-refractivity contribution in [2.45, 2.75) is 39.3 Å². The molecule has 5 rings (SSSR count). The molecule has 0 aliphatic carbocycles. The highest BCUT2D eigenvalue weighted by atomic mass is 16.5.